The molecular formula is C10H11BrN2O3. The van der Waals surface area contributed by atoms with E-state index in [1.807, 2.05) is 0 Å². The molecule has 1 heterocycles. The maximum Gasteiger partial charge on any atom is 0.331 e. The molecule has 86 valence electrons. The highest BCUT2D eigenvalue weighted by molar-refractivity contribution is 9.10. The third kappa shape index (κ3) is 2.79. The number of aromatic nitrogens is 2. The maximum atomic E-state index is 11.7. The molecule has 1 aromatic heterocycles. The number of hydrogen-bond donors (Lipinski definition) is 1. The van der Waals surface area contributed by atoms with Crippen LogP contribution < -0.4 is 5.56 Å². The van der Waals surface area contributed by atoms with E-state index in [1.165, 1.54) is 23.9 Å². The lowest BCUT2D eigenvalue weighted by atomic mass is 10.3. The van der Waals surface area contributed by atoms with Gasteiger partial charge in [-0.15, -0.1) is 0 Å². The molecule has 0 fully saturated rings. The van der Waals surface area contributed by atoms with Gasteiger partial charge in [-0.2, -0.15) is 0 Å². The van der Waals surface area contributed by atoms with Crippen LogP contribution in [0.4, 0.5) is 0 Å². The molecule has 0 atom stereocenters. The Morgan fingerprint density at radius 1 is 1.69 bits per heavy atom. The number of hydrogen-bond acceptors (Lipinski definition) is 3. The van der Waals surface area contributed by atoms with E-state index < -0.39 is 5.97 Å². The molecule has 16 heavy (non-hydrogen) atoms. The second-order valence-corrected chi connectivity index (χ2v) is 4.09. The summed E-state index contributed by atoms with van der Waals surface area (Å²) in [5, 5.41) is 8.65. The fraction of sp³-hybridized carbons (Fsp3) is 0.300. The van der Waals surface area contributed by atoms with Crippen LogP contribution in [0.15, 0.2) is 27.2 Å². The molecule has 1 aromatic rings. The Kier molecular flexibility index (Phi) is 4.00. The molecular weight excluding hydrogens is 276 g/mol. The van der Waals surface area contributed by atoms with E-state index in [2.05, 4.69) is 20.9 Å². The molecule has 0 unspecified atom stereocenters. The average molecular weight is 287 g/mol. The van der Waals surface area contributed by atoms with Crippen LogP contribution in [-0.4, -0.2) is 20.6 Å². The third-order valence-electron chi connectivity index (χ3n) is 2.09. The number of carboxylic acid groups (broad SMARTS) is 1. The number of halogens is 1. The second kappa shape index (κ2) is 5.07. The van der Waals surface area contributed by atoms with Gasteiger partial charge >= 0.3 is 5.97 Å². The van der Waals surface area contributed by atoms with Gasteiger partial charge in [0.25, 0.3) is 5.56 Å². The van der Waals surface area contributed by atoms with E-state index in [-0.39, 0.29) is 17.7 Å². The predicted octanol–water partition coefficient (Wildman–Crippen LogP) is 1.35. The molecule has 1 rings (SSSR count). The van der Waals surface area contributed by atoms with Crippen LogP contribution in [0, 0.1) is 6.92 Å². The molecule has 0 saturated heterocycles. The molecule has 0 aliphatic carbocycles. The van der Waals surface area contributed by atoms with Crippen LogP contribution >= 0.6 is 15.9 Å². The van der Waals surface area contributed by atoms with Crippen molar-refractivity contribution in [3.63, 3.8) is 0 Å². The highest BCUT2D eigenvalue weighted by Gasteiger charge is 2.05. The van der Waals surface area contributed by atoms with Crippen LogP contribution in [0.1, 0.15) is 12.6 Å². The Labute approximate surface area is 101 Å². The molecule has 0 aliphatic heterocycles. The van der Waals surface area contributed by atoms with E-state index in [9.17, 15) is 9.59 Å². The number of aliphatic carboxylic acids is 1. The number of nitrogens with zero attached hydrogens (tertiary/aromatic N) is 2. The molecule has 5 nitrogen and oxygen atoms in total. The number of aryl methyl sites for hydroxylation is 1. The topological polar surface area (TPSA) is 72.2 Å². The lowest BCUT2D eigenvalue weighted by molar-refractivity contribution is -0.132. The summed E-state index contributed by atoms with van der Waals surface area (Å²) >= 11 is 3.13. The van der Waals surface area contributed by atoms with E-state index >= 15 is 0 Å². The first-order valence-electron chi connectivity index (χ1n) is 4.55. The van der Waals surface area contributed by atoms with E-state index in [4.69, 9.17) is 5.11 Å². The summed E-state index contributed by atoms with van der Waals surface area (Å²) in [6.07, 6.45) is 2.86. The summed E-state index contributed by atoms with van der Waals surface area (Å²) in [7, 11) is 0. The Balaban J connectivity index is 3.01. The van der Waals surface area contributed by atoms with Gasteiger partial charge in [0, 0.05) is 12.1 Å². The molecule has 0 amide bonds. The zero-order chi connectivity index (χ0) is 12.3. The van der Waals surface area contributed by atoms with Gasteiger partial charge in [0.2, 0.25) is 0 Å². The number of rotatable bonds is 3. The summed E-state index contributed by atoms with van der Waals surface area (Å²) in [4.78, 5) is 26.2. The van der Waals surface area contributed by atoms with Crippen molar-refractivity contribution in [1.82, 2.24) is 9.55 Å². The molecule has 1 N–H and O–H groups in total. The van der Waals surface area contributed by atoms with Crippen LogP contribution in [-0.2, 0) is 11.3 Å². The Bertz CT molecular complexity index is 505. The average Bonchev–Trinajstić information content (AvgIpc) is 2.24. The standard InChI is InChI=1S/C10H11BrN2O3/c1-6(10(15)16)3-4-13-5-12-7(2)8(11)9(13)14/h3,5H,4H2,1-2H3,(H,15,16). The minimum absolute atomic E-state index is 0.197. The summed E-state index contributed by atoms with van der Waals surface area (Å²) in [5.41, 5.74) is 0.589. The van der Waals surface area contributed by atoms with Crippen molar-refractivity contribution in [2.45, 2.75) is 20.4 Å². The van der Waals surface area contributed by atoms with Crippen molar-refractivity contribution in [3.05, 3.63) is 38.5 Å². The first-order chi connectivity index (χ1) is 7.43. The highest BCUT2D eigenvalue weighted by Crippen LogP contribution is 2.06. The molecule has 0 saturated carbocycles. The minimum Gasteiger partial charge on any atom is -0.478 e. The summed E-state index contributed by atoms with van der Waals surface area (Å²) < 4.78 is 1.74. The maximum absolute atomic E-state index is 11.7. The number of carboxylic acids is 1. The summed E-state index contributed by atoms with van der Waals surface area (Å²) in [6.45, 7) is 3.39. The van der Waals surface area contributed by atoms with Gasteiger partial charge in [0.1, 0.15) is 4.47 Å². The number of allylic oxidation sites excluding steroid dienone is 1. The van der Waals surface area contributed by atoms with Gasteiger partial charge in [-0.25, -0.2) is 9.78 Å². The van der Waals surface area contributed by atoms with Crippen molar-refractivity contribution in [2.75, 3.05) is 0 Å². The predicted molar refractivity (Wildman–Crippen MR) is 62.3 cm³/mol. The Hall–Kier alpha value is -1.43. The summed E-state index contributed by atoms with van der Waals surface area (Å²) in [6, 6.07) is 0. The van der Waals surface area contributed by atoms with E-state index in [1.54, 1.807) is 6.92 Å². The van der Waals surface area contributed by atoms with Gasteiger partial charge < -0.3 is 5.11 Å². The fourth-order valence-corrected chi connectivity index (χ4v) is 1.33. The van der Waals surface area contributed by atoms with Crippen LogP contribution in [0.3, 0.4) is 0 Å². The summed E-state index contributed by atoms with van der Waals surface area (Å²) in [5.74, 6) is -0.993. The Morgan fingerprint density at radius 3 is 2.88 bits per heavy atom. The van der Waals surface area contributed by atoms with E-state index in [0.717, 1.165) is 0 Å². The first kappa shape index (κ1) is 12.6. The van der Waals surface area contributed by atoms with Crippen molar-refractivity contribution in [2.24, 2.45) is 0 Å². The van der Waals surface area contributed by atoms with Crippen molar-refractivity contribution in [3.8, 4) is 0 Å². The lowest BCUT2D eigenvalue weighted by Crippen LogP contribution is -2.21. The van der Waals surface area contributed by atoms with Crippen molar-refractivity contribution >= 4 is 21.9 Å². The SMILES string of the molecule is CC(=CCn1cnc(C)c(Br)c1=O)C(=O)O. The molecule has 0 bridgehead atoms. The van der Waals surface area contributed by atoms with Gasteiger partial charge in [-0.05, 0) is 29.8 Å². The van der Waals surface area contributed by atoms with Crippen LogP contribution in [0.5, 0.6) is 0 Å². The van der Waals surface area contributed by atoms with Gasteiger partial charge in [0.05, 0.1) is 12.0 Å². The van der Waals surface area contributed by atoms with Crippen molar-refractivity contribution < 1.29 is 9.90 Å². The third-order valence-corrected chi connectivity index (χ3v) is 3.00. The normalized spacial score (nSPS) is 11.6. The van der Waals surface area contributed by atoms with Gasteiger partial charge in [-0.3, -0.25) is 9.36 Å². The van der Waals surface area contributed by atoms with Crippen LogP contribution in [0.25, 0.3) is 0 Å². The fourth-order valence-electron chi connectivity index (χ4n) is 0.999. The first-order valence-corrected chi connectivity index (χ1v) is 5.34. The quantitative estimate of drug-likeness (QED) is 0.852. The molecule has 0 spiro atoms. The Morgan fingerprint density at radius 2 is 2.31 bits per heavy atom. The molecule has 0 radical (unpaired) electrons. The zero-order valence-corrected chi connectivity index (χ0v) is 10.5. The second-order valence-electron chi connectivity index (χ2n) is 3.29. The largest absolute Gasteiger partial charge is 0.478 e. The van der Waals surface area contributed by atoms with Gasteiger partial charge in [0.15, 0.2) is 0 Å². The van der Waals surface area contributed by atoms with Crippen molar-refractivity contribution in [1.29, 1.82) is 0 Å². The molecule has 0 aromatic carbocycles. The molecule has 0 aliphatic rings. The monoisotopic (exact) mass is 286 g/mol. The highest BCUT2D eigenvalue weighted by atomic mass is 79.9. The minimum atomic E-state index is -0.993. The number of carbonyl (C=O) groups is 1. The van der Waals surface area contributed by atoms with Crippen LogP contribution in [0.2, 0.25) is 0 Å². The zero-order valence-electron chi connectivity index (χ0n) is 8.90. The lowest BCUT2D eigenvalue weighted by Gasteiger charge is -2.04. The van der Waals surface area contributed by atoms with Gasteiger partial charge in [-0.1, -0.05) is 6.08 Å². The van der Waals surface area contributed by atoms with E-state index in [0.29, 0.717) is 10.2 Å². The smallest absolute Gasteiger partial charge is 0.331 e. The molecule has 6 heteroatoms.